The van der Waals surface area contributed by atoms with Gasteiger partial charge in [0.25, 0.3) is 6.10 Å². The monoisotopic (exact) mass is 920 g/mol. The van der Waals surface area contributed by atoms with Gasteiger partial charge < -0.3 is 39.3 Å². The highest BCUT2D eigenvalue weighted by Crippen LogP contribution is 2.37. The second kappa shape index (κ2) is 22.1. The standard InChI is InChI=1S/C19H22F7N3O3.C15H22FN3O.C3H2F6O/c20-14-3-1-2-13(15(14)28-8-10-31-11-9-28)12-27-4-6-29(7-5-27)17(30)32-16(18(21,22)23)19(24,25)26;16-14-3-1-2-13(12-18-6-4-17-5-7-18)15(14)19-8-10-20-11-9-19;4-2(5,6)1(10)3(7,8)9/h1-3,16H,4-12H2;1-3,17H,4-12H2;1,10H. The van der Waals surface area contributed by atoms with Crippen molar-refractivity contribution in [2.45, 2.75) is 50.0 Å². The van der Waals surface area contributed by atoms with Crippen molar-refractivity contribution < 1.29 is 85.6 Å². The van der Waals surface area contributed by atoms with Crippen molar-refractivity contribution in [2.75, 3.05) is 115 Å². The molecule has 2 aromatic carbocycles. The van der Waals surface area contributed by atoms with E-state index in [4.69, 9.17) is 14.6 Å². The zero-order valence-electron chi connectivity index (χ0n) is 33.0. The molecule has 352 valence electrons. The Morgan fingerprint density at radius 2 is 0.984 bits per heavy atom. The predicted molar refractivity (Wildman–Crippen MR) is 194 cm³/mol. The number of morpholine rings is 2. The fourth-order valence-electron chi connectivity index (χ4n) is 6.78. The minimum Gasteiger partial charge on any atom is -0.426 e. The van der Waals surface area contributed by atoms with Crippen molar-refractivity contribution in [3.05, 3.63) is 59.2 Å². The highest BCUT2D eigenvalue weighted by molar-refractivity contribution is 5.68. The predicted octanol–water partition coefficient (Wildman–Crippen LogP) is 5.95. The first-order chi connectivity index (χ1) is 29.0. The topological polar surface area (TPSA) is 93.2 Å². The molecule has 4 aliphatic rings. The van der Waals surface area contributed by atoms with Crippen molar-refractivity contribution >= 4 is 17.5 Å². The molecule has 62 heavy (non-hydrogen) atoms. The lowest BCUT2D eigenvalue weighted by Gasteiger charge is -2.36. The van der Waals surface area contributed by atoms with Gasteiger partial charge in [-0.25, -0.2) is 13.6 Å². The van der Waals surface area contributed by atoms with Gasteiger partial charge in [-0.3, -0.25) is 9.80 Å². The molecule has 0 atom stereocenters. The highest BCUT2D eigenvalue weighted by Gasteiger charge is 2.60. The lowest BCUT2D eigenvalue weighted by atomic mass is 10.1. The number of rotatable bonds is 7. The average Bonchev–Trinajstić information content (AvgIpc) is 3.20. The number of anilines is 2. The summed E-state index contributed by atoms with van der Waals surface area (Å²) in [6.45, 7) is 10.2. The van der Waals surface area contributed by atoms with Gasteiger partial charge in [-0.15, -0.1) is 0 Å². The third-order valence-electron chi connectivity index (χ3n) is 9.86. The number of ether oxygens (including phenoxy) is 3. The van der Waals surface area contributed by atoms with Crippen LogP contribution in [0.5, 0.6) is 0 Å². The molecule has 1 amide bonds. The highest BCUT2D eigenvalue weighted by atomic mass is 19.4. The molecule has 0 spiro atoms. The molecular weight excluding hydrogens is 874 g/mol. The molecule has 4 fully saturated rings. The summed E-state index contributed by atoms with van der Waals surface area (Å²) >= 11 is 0. The van der Waals surface area contributed by atoms with E-state index in [1.807, 2.05) is 15.9 Å². The Labute approximate surface area is 347 Å². The number of nitrogens with one attached hydrogen (secondary N) is 1. The molecule has 0 aliphatic carbocycles. The van der Waals surface area contributed by atoms with E-state index in [0.717, 1.165) is 62.0 Å². The summed E-state index contributed by atoms with van der Waals surface area (Å²) in [5.41, 5.74) is 3.00. The number of aliphatic hydroxyl groups excluding tert-OH is 1. The summed E-state index contributed by atoms with van der Waals surface area (Å²) in [4.78, 5) is 20.9. The summed E-state index contributed by atoms with van der Waals surface area (Å²) in [5.74, 6) is -0.503. The fourth-order valence-corrected chi connectivity index (χ4v) is 6.78. The van der Waals surface area contributed by atoms with Gasteiger partial charge in [0, 0.05) is 91.6 Å². The summed E-state index contributed by atoms with van der Waals surface area (Å²) in [5, 5.41) is 10.8. The Balaban J connectivity index is 0.000000238. The number of benzene rings is 2. The molecule has 0 bridgehead atoms. The van der Waals surface area contributed by atoms with Crippen LogP contribution in [0, 0.1) is 11.6 Å². The molecule has 0 aromatic heterocycles. The van der Waals surface area contributed by atoms with Crippen LogP contribution in [0.2, 0.25) is 0 Å². The fraction of sp³-hybridized carbons (Fsp3) is 0.649. The van der Waals surface area contributed by atoms with Crippen molar-refractivity contribution in [2.24, 2.45) is 0 Å². The van der Waals surface area contributed by atoms with Crippen LogP contribution in [0.25, 0.3) is 0 Å². The number of amides is 1. The Morgan fingerprint density at radius 3 is 1.34 bits per heavy atom. The molecule has 11 nitrogen and oxygen atoms in total. The van der Waals surface area contributed by atoms with Crippen LogP contribution >= 0.6 is 0 Å². The number of halogens is 14. The first-order valence-corrected chi connectivity index (χ1v) is 19.2. The number of piperazine rings is 2. The molecule has 2 aromatic rings. The number of carbonyl (C=O) groups is 1. The molecule has 4 heterocycles. The van der Waals surface area contributed by atoms with Gasteiger partial charge in [0.2, 0.25) is 6.10 Å². The van der Waals surface area contributed by atoms with E-state index in [0.29, 0.717) is 57.3 Å². The minimum absolute atomic E-state index is 0.112. The second-order valence-electron chi connectivity index (χ2n) is 14.3. The van der Waals surface area contributed by atoms with E-state index in [9.17, 15) is 66.3 Å². The first kappa shape index (κ1) is 50.7. The van der Waals surface area contributed by atoms with Gasteiger partial charge >= 0.3 is 30.8 Å². The Bertz CT molecular complexity index is 1660. The SMILES string of the molecule is Fc1cccc(CN2CCNCC2)c1N1CCOCC1.O=C(OC(C(F)(F)F)C(F)(F)F)N1CCN(Cc2cccc(F)c2N2CCOCC2)CC1.OC(C(F)(F)F)C(F)(F)F. The summed E-state index contributed by atoms with van der Waals surface area (Å²) in [6.07, 6.45) is -32.9. The van der Waals surface area contributed by atoms with E-state index < -0.39 is 48.8 Å². The molecule has 0 unspecified atom stereocenters. The van der Waals surface area contributed by atoms with Crippen LogP contribution < -0.4 is 15.1 Å². The van der Waals surface area contributed by atoms with E-state index in [1.165, 1.54) is 6.07 Å². The van der Waals surface area contributed by atoms with E-state index in [2.05, 4.69) is 25.9 Å². The van der Waals surface area contributed by atoms with Crippen molar-refractivity contribution in [1.82, 2.24) is 20.0 Å². The van der Waals surface area contributed by atoms with E-state index in [1.54, 1.807) is 18.2 Å². The molecular formula is C37H46F14N6O5. The average molecular weight is 921 g/mol. The zero-order chi connectivity index (χ0) is 45.9. The number of alkyl halides is 12. The molecule has 4 saturated heterocycles. The summed E-state index contributed by atoms with van der Waals surface area (Å²) in [7, 11) is 0. The molecule has 6 rings (SSSR count). The smallest absolute Gasteiger partial charge is 0.426 e. The maximum atomic E-state index is 14.5. The van der Waals surface area contributed by atoms with Gasteiger partial charge in [0.05, 0.1) is 37.8 Å². The molecule has 0 saturated carbocycles. The number of hydrogen-bond donors (Lipinski definition) is 2. The number of carbonyl (C=O) groups excluding carboxylic acids is 1. The van der Waals surface area contributed by atoms with Crippen LogP contribution in [-0.4, -0.2) is 168 Å². The lowest BCUT2D eigenvalue weighted by Crippen LogP contribution is -2.52. The second-order valence-corrected chi connectivity index (χ2v) is 14.3. The van der Waals surface area contributed by atoms with Gasteiger partial charge in [-0.05, 0) is 23.3 Å². The van der Waals surface area contributed by atoms with Crippen molar-refractivity contribution in [1.29, 1.82) is 0 Å². The quantitative estimate of drug-likeness (QED) is 0.325. The Hall–Kier alpha value is -3.91. The number of hydrogen-bond acceptors (Lipinski definition) is 10. The van der Waals surface area contributed by atoms with Gasteiger partial charge in [-0.1, -0.05) is 24.3 Å². The third kappa shape index (κ3) is 15.1. The van der Waals surface area contributed by atoms with Crippen molar-refractivity contribution in [3.63, 3.8) is 0 Å². The largest absolute Gasteiger partial charge is 0.434 e. The maximum absolute atomic E-state index is 14.5. The third-order valence-corrected chi connectivity index (χ3v) is 9.86. The number of para-hydroxylation sites is 2. The van der Waals surface area contributed by atoms with Crippen molar-refractivity contribution in [3.8, 4) is 0 Å². The lowest BCUT2D eigenvalue weighted by molar-refractivity contribution is -0.309. The van der Waals surface area contributed by atoms with Crippen LogP contribution in [-0.2, 0) is 27.3 Å². The molecule has 0 radical (unpaired) electrons. The Morgan fingerprint density at radius 1 is 0.597 bits per heavy atom. The number of aliphatic hydroxyl groups is 1. The summed E-state index contributed by atoms with van der Waals surface area (Å²) < 4.78 is 185. The van der Waals surface area contributed by atoms with E-state index in [-0.39, 0.29) is 32.0 Å². The summed E-state index contributed by atoms with van der Waals surface area (Å²) in [6, 6.07) is 10.1. The van der Waals surface area contributed by atoms with Gasteiger partial charge in [0.15, 0.2) is 0 Å². The van der Waals surface area contributed by atoms with Crippen LogP contribution in [0.15, 0.2) is 36.4 Å². The Kier molecular flexibility index (Phi) is 18.1. The maximum Gasteiger partial charge on any atom is 0.434 e. The van der Waals surface area contributed by atoms with Crippen LogP contribution in [0.3, 0.4) is 0 Å². The van der Waals surface area contributed by atoms with Crippen LogP contribution in [0.4, 0.5) is 77.6 Å². The number of nitrogens with zero attached hydrogens (tertiary/aromatic N) is 5. The molecule has 2 N–H and O–H groups in total. The molecule has 4 aliphatic heterocycles. The first-order valence-electron chi connectivity index (χ1n) is 19.2. The van der Waals surface area contributed by atoms with Crippen LogP contribution in [0.1, 0.15) is 11.1 Å². The minimum atomic E-state index is -5.76. The van der Waals surface area contributed by atoms with Gasteiger partial charge in [0.1, 0.15) is 11.6 Å². The van der Waals surface area contributed by atoms with Gasteiger partial charge in [-0.2, -0.15) is 52.7 Å². The zero-order valence-corrected chi connectivity index (χ0v) is 33.0. The normalized spacial score (nSPS) is 18.9. The van der Waals surface area contributed by atoms with E-state index >= 15 is 0 Å². The molecule has 25 heteroatoms.